The zero-order valence-corrected chi connectivity index (χ0v) is 6.02. The largest absolute Gasteiger partial charge is 0.402 e. The van der Waals surface area contributed by atoms with Gasteiger partial charge in [0.05, 0.1) is 0 Å². The van der Waals surface area contributed by atoms with Crippen LogP contribution in [0.2, 0.25) is 0 Å². The van der Waals surface area contributed by atoms with E-state index < -0.39 is 0 Å². The fourth-order valence-corrected chi connectivity index (χ4v) is 1.06. The maximum Gasteiger partial charge on any atom is 0.0142 e. The first-order valence-corrected chi connectivity index (χ1v) is 3.34. The van der Waals surface area contributed by atoms with Crippen molar-refractivity contribution >= 4 is 0 Å². The third-order valence-electron chi connectivity index (χ3n) is 1.84. The first-order chi connectivity index (χ1) is 4.22. The zero-order chi connectivity index (χ0) is 6.85. The zero-order valence-electron chi connectivity index (χ0n) is 6.02. The third kappa shape index (κ3) is 1.15. The molecule has 1 aliphatic rings. The highest BCUT2D eigenvalue weighted by Crippen LogP contribution is 2.19. The second-order valence-corrected chi connectivity index (χ2v) is 2.68. The Labute approximate surface area is 56.2 Å². The van der Waals surface area contributed by atoms with Crippen molar-refractivity contribution in [3.05, 3.63) is 23.4 Å². The molecule has 1 heteroatoms. The Balaban J connectivity index is 2.83. The average molecular weight is 123 g/mol. The van der Waals surface area contributed by atoms with E-state index in [4.69, 9.17) is 5.73 Å². The molecule has 0 saturated carbocycles. The molecule has 0 heterocycles. The molecule has 9 heavy (non-hydrogen) atoms. The SMILES string of the molecule is CC1=C(N)C(C)CC=C1. The van der Waals surface area contributed by atoms with Crippen LogP contribution in [0.4, 0.5) is 0 Å². The minimum absolute atomic E-state index is 0.551. The summed E-state index contributed by atoms with van der Waals surface area (Å²) in [5.74, 6) is 0.551. The lowest BCUT2D eigenvalue weighted by molar-refractivity contribution is 0.668. The van der Waals surface area contributed by atoms with Crippen LogP contribution >= 0.6 is 0 Å². The van der Waals surface area contributed by atoms with Gasteiger partial charge in [-0.15, -0.1) is 0 Å². The van der Waals surface area contributed by atoms with Gasteiger partial charge in [0.25, 0.3) is 0 Å². The van der Waals surface area contributed by atoms with Crippen LogP contribution in [0.5, 0.6) is 0 Å². The molecule has 0 saturated heterocycles. The molecule has 0 fully saturated rings. The van der Waals surface area contributed by atoms with Gasteiger partial charge in [0.15, 0.2) is 0 Å². The van der Waals surface area contributed by atoms with Crippen LogP contribution in [-0.2, 0) is 0 Å². The van der Waals surface area contributed by atoms with Gasteiger partial charge in [0, 0.05) is 5.70 Å². The summed E-state index contributed by atoms with van der Waals surface area (Å²) in [6.45, 7) is 4.21. The molecule has 50 valence electrons. The van der Waals surface area contributed by atoms with Gasteiger partial charge in [-0.05, 0) is 24.8 Å². The van der Waals surface area contributed by atoms with Gasteiger partial charge < -0.3 is 5.73 Å². The summed E-state index contributed by atoms with van der Waals surface area (Å²) in [7, 11) is 0. The molecule has 0 spiro atoms. The highest BCUT2D eigenvalue weighted by Gasteiger charge is 2.08. The van der Waals surface area contributed by atoms with Crippen molar-refractivity contribution in [1.29, 1.82) is 0 Å². The topological polar surface area (TPSA) is 26.0 Å². The first kappa shape index (κ1) is 6.40. The van der Waals surface area contributed by atoms with E-state index in [1.807, 2.05) is 0 Å². The lowest BCUT2D eigenvalue weighted by Gasteiger charge is -2.15. The van der Waals surface area contributed by atoms with Gasteiger partial charge in [-0.2, -0.15) is 0 Å². The van der Waals surface area contributed by atoms with Crippen LogP contribution in [0.1, 0.15) is 20.3 Å². The molecule has 1 nitrogen and oxygen atoms in total. The summed E-state index contributed by atoms with van der Waals surface area (Å²) >= 11 is 0. The number of nitrogens with two attached hydrogens (primary N) is 1. The minimum Gasteiger partial charge on any atom is -0.402 e. The van der Waals surface area contributed by atoms with E-state index in [9.17, 15) is 0 Å². The Morgan fingerprint density at radius 1 is 1.67 bits per heavy atom. The van der Waals surface area contributed by atoms with E-state index in [2.05, 4.69) is 26.0 Å². The molecule has 0 aromatic carbocycles. The van der Waals surface area contributed by atoms with Crippen LogP contribution in [-0.4, -0.2) is 0 Å². The first-order valence-electron chi connectivity index (χ1n) is 3.34. The average Bonchev–Trinajstić information content (AvgIpc) is 1.83. The highest BCUT2D eigenvalue weighted by molar-refractivity contribution is 5.27. The second kappa shape index (κ2) is 2.26. The Bertz CT molecular complexity index is 165. The summed E-state index contributed by atoms with van der Waals surface area (Å²) in [4.78, 5) is 0. The number of allylic oxidation sites excluding steroid dienone is 4. The second-order valence-electron chi connectivity index (χ2n) is 2.68. The smallest absolute Gasteiger partial charge is 0.0142 e. The molecule has 0 amide bonds. The van der Waals surface area contributed by atoms with Crippen LogP contribution in [0.3, 0.4) is 0 Å². The predicted molar refractivity (Wildman–Crippen MR) is 39.8 cm³/mol. The van der Waals surface area contributed by atoms with Crippen LogP contribution in [0, 0.1) is 5.92 Å². The Morgan fingerprint density at radius 2 is 2.33 bits per heavy atom. The molecule has 0 bridgehead atoms. The quantitative estimate of drug-likeness (QED) is 0.522. The van der Waals surface area contributed by atoms with Crippen LogP contribution in [0.25, 0.3) is 0 Å². The number of hydrogen-bond acceptors (Lipinski definition) is 1. The van der Waals surface area contributed by atoms with Crippen LogP contribution < -0.4 is 5.73 Å². The molecule has 1 aliphatic carbocycles. The monoisotopic (exact) mass is 123 g/mol. The molecule has 0 radical (unpaired) electrons. The summed E-state index contributed by atoms with van der Waals surface area (Å²) < 4.78 is 0. The summed E-state index contributed by atoms with van der Waals surface area (Å²) in [5.41, 5.74) is 8.03. The molecular formula is C8H13N. The third-order valence-corrected chi connectivity index (χ3v) is 1.84. The van der Waals surface area contributed by atoms with E-state index in [0.717, 1.165) is 12.1 Å². The van der Waals surface area contributed by atoms with Crippen LogP contribution in [0.15, 0.2) is 23.4 Å². The van der Waals surface area contributed by atoms with Crippen molar-refractivity contribution in [2.24, 2.45) is 11.7 Å². The standard InChI is InChI=1S/C8H13N/c1-6-4-3-5-7(2)8(6)9/h3-4,7H,5,9H2,1-2H3. The molecular weight excluding hydrogens is 110 g/mol. The molecule has 1 atom stereocenters. The Hall–Kier alpha value is -0.720. The van der Waals surface area contributed by atoms with E-state index in [0.29, 0.717) is 5.92 Å². The van der Waals surface area contributed by atoms with Crippen molar-refractivity contribution < 1.29 is 0 Å². The van der Waals surface area contributed by atoms with Gasteiger partial charge in [-0.3, -0.25) is 0 Å². The summed E-state index contributed by atoms with van der Waals surface area (Å²) in [5, 5.41) is 0. The molecule has 0 aliphatic heterocycles. The maximum atomic E-state index is 5.75. The lowest BCUT2D eigenvalue weighted by Crippen LogP contribution is -2.12. The Kier molecular flexibility index (Phi) is 1.60. The summed E-state index contributed by atoms with van der Waals surface area (Å²) in [6, 6.07) is 0. The van der Waals surface area contributed by atoms with Gasteiger partial charge >= 0.3 is 0 Å². The van der Waals surface area contributed by atoms with Crippen molar-refractivity contribution in [2.75, 3.05) is 0 Å². The fraction of sp³-hybridized carbons (Fsp3) is 0.500. The minimum atomic E-state index is 0.551. The normalized spacial score (nSPS) is 27.1. The molecule has 0 aromatic heterocycles. The highest BCUT2D eigenvalue weighted by atomic mass is 14.6. The van der Waals surface area contributed by atoms with Crippen molar-refractivity contribution in [3.8, 4) is 0 Å². The van der Waals surface area contributed by atoms with E-state index in [1.54, 1.807) is 0 Å². The molecule has 2 N–H and O–H groups in total. The number of rotatable bonds is 0. The van der Waals surface area contributed by atoms with E-state index in [1.165, 1.54) is 5.57 Å². The van der Waals surface area contributed by atoms with Crippen molar-refractivity contribution in [2.45, 2.75) is 20.3 Å². The van der Waals surface area contributed by atoms with Crippen molar-refractivity contribution in [1.82, 2.24) is 0 Å². The Morgan fingerprint density at radius 3 is 2.78 bits per heavy atom. The van der Waals surface area contributed by atoms with Gasteiger partial charge in [-0.25, -0.2) is 0 Å². The lowest BCUT2D eigenvalue weighted by atomic mass is 9.95. The fourth-order valence-electron chi connectivity index (χ4n) is 1.06. The van der Waals surface area contributed by atoms with Gasteiger partial charge in [-0.1, -0.05) is 19.1 Å². The molecule has 1 rings (SSSR count). The predicted octanol–water partition coefficient (Wildman–Crippen LogP) is 1.82. The summed E-state index contributed by atoms with van der Waals surface area (Å²) in [6.07, 6.45) is 5.37. The van der Waals surface area contributed by atoms with E-state index >= 15 is 0 Å². The van der Waals surface area contributed by atoms with Crippen molar-refractivity contribution in [3.63, 3.8) is 0 Å². The number of hydrogen-bond donors (Lipinski definition) is 1. The van der Waals surface area contributed by atoms with Gasteiger partial charge in [0.2, 0.25) is 0 Å². The molecule has 0 aromatic rings. The molecule has 1 unspecified atom stereocenters. The van der Waals surface area contributed by atoms with Gasteiger partial charge in [0.1, 0.15) is 0 Å². The maximum absolute atomic E-state index is 5.75. The van der Waals surface area contributed by atoms with E-state index in [-0.39, 0.29) is 0 Å².